The van der Waals surface area contributed by atoms with Gasteiger partial charge in [-0.2, -0.15) is 0 Å². The first-order valence-electron chi connectivity index (χ1n) is 7.69. The minimum atomic E-state index is -0.188. The van der Waals surface area contributed by atoms with Gasteiger partial charge in [-0.25, -0.2) is 4.79 Å². The van der Waals surface area contributed by atoms with Crippen LogP contribution in [-0.4, -0.2) is 27.3 Å². The van der Waals surface area contributed by atoms with Crippen molar-refractivity contribution < 1.29 is 19.0 Å². The largest absolute Gasteiger partial charge is 0.497 e. The van der Waals surface area contributed by atoms with Crippen LogP contribution in [-0.2, 0) is 16.0 Å². The Balaban J connectivity index is 2.32. The Morgan fingerprint density at radius 1 is 0.955 bits per heavy atom. The van der Waals surface area contributed by atoms with E-state index < -0.39 is 0 Å². The van der Waals surface area contributed by atoms with Gasteiger partial charge in [-0.3, -0.25) is 0 Å². The normalized spacial score (nSPS) is 15.2. The van der Waals surface area contributed by atoms with Crippen LogP contribution >= 0.6 is 0 Å². The quantitative estimate of drug-likeness (QED) is 0.778. The van der Waals surface area contributed by atoms with Gasteiger partial charge >= 0.3 is 5.97 Å². The zero-order valence-electron chi connectivity index (χ0n) is 13.6. The molecular formula is C18H24O4. The van der Waals surface area contributed by atoms with Crippen LogP contribution in [0, 0.1) is 0 Å². The van der Waals surface area contributed by atoms with Crippen molar-refractivity contribution in [2.24, 2.45) is 0 Å². The first kappa shape index (κ1) is 16.4. The lowest BCUT2D eigenvalue weighted by Gasteiger charge is -2.13. The van der Waals surface area contributed by atoms with Gasteiger partial charge < -0.3 is 14.2 Å². The number of hydrogen-bond acceptors (Lipinski definition) is 4. The second-order valence-electron chi connectivity index (χ2n) is 5.53. The molecular weight excluding hydrogens is 280 g/mol. The first-order valence-corrected chi connectivity index (χ1v) is 7.69. The Morgan fingerprint density at radius 2 is 1.59 bits per heavy atom. The third-order valence-electron chi connectivity index (χ3n) is 4.09. The molecule has 4 nitrogen and oxygen atoms in total. The Kier molecular flexibility index (Phi) is 5.87. The standard InChI is InChI=1S/C18H24O4/c1-20-15-10-13(11-16(12-15)21-2)9-14-7-5-4-6-8-17(14)18(19)22-3/h10-12H,4-9H2,1-3H3. The molecule has 1 aromatic carbocycles. The number of rotatable bonds is 5. The van der Waals surface area contributed by atoms with Crippen molar-refractivity contribution in [1.29, 1.82) is 0 Å². The molecule has 0 atom stereocenters. The third kappa shape index (κ3) is 4.03. The van der Waals surface area contributed by atoms with Crippen molar-refractivity contribution in [3.8, 4) is 11.5 Å². The van der Waals surface area contributed by atoms with E-state index in [4.69, 9.17) is 14.2 Å². The van der Waals surface area contributed by atoms with Crippen LogP contribution in [0.25, 0.3) is 0 Å². The summed E-state index contributed by atoms with van der Waals surface area (Å²) in [6.45, 7) is 0. The summed E-state index contributed by atoms with van der Waals surface area (Å²) in [5.41, 5.74) is 3.12. The molecule has 0 unspecified atom stereocenters. The van der Waals surface area contributed by atoms with Crippen molar-refractivity contribution >= 4 is 5.97 Å². The molecule has 4 heteroatoms. The van der Waals surface area contributed by atoms with Gasteiger partial charge in [-0.15, -0.1) is 0 Å². The molecule has 0 aliphatic heterocycles. The molecule has 1 aliphatic carbocycles. The first-order chi connectivity index (χ1) is 10.7. The predicted molar refractivity (Wildman–Crippen MR) is 85.4 cm³/mol. The fourth-order valence-corrected chi connectivity index (χ4v) is 2.92. The number of carbonyl (C=O) groups excluding carboxylic acids is 1. The molecule has 120 valence electrons. The van der Waals surface area contributed by atoms with Gasteiger partial charge in [0.1, 0.15) is 11.5 Å². The minimum Gasteiger partial charge on any atom is -0.497 e. The molecule has 0 radical (unpaired) electrons. The zero-order valence-corrected chi connectivity index (χ0v) is 13.6. The van der Waals surface area contributed by atoms with E-state index in [1.54, 1.807) is 14.2 Å². The number of allylic oxidation sites excluding steroid dienone is 1. The summed E-state index contributed by atoms with van der Waals surface area (Å²) >= 11 is 0. The number of benzene rings is 1. The van der Waals surface area contributed by atoms with Gasteiger partial charge in [0.25, 0.3) is 0 Å². The molecule has 0 saturated heterocycles. The summed E-state index contributed by atoms with van der Waals surface area (Å²) in [6.07, 6.45) is 5.82. The van der Waals surface area contributed by atoms with Crippen LogP contribution in [0.2, 0.25) is 0 Å². The van der Waals surface area contributed by atoms with Crippen LogP contribution in [0.1, 0.15) is 37.7 Å². The van der Waals surface area contributed by atoms with Crippen LogP contribution < -0.4 is 9.47 Å². The molecule has 0 bridgehead atoms. The highest BCUT2D eigenvalue weighted by atomic mass is 16.5. The van der Waals surface area contributed by atoms with Crippen LogP contribution in [0.5, 0.6) is 11.5 Å². The lowest BCUT2D eigenvalue weighted by Crippen LogP contribution is -2.09. The molecule has 0 N–H and O–H groups in total. The van der Waals surface area contributed by atoms with Gasteiger partial charge in [0.15, 0.2) is 0 Å². The molecule has 0 amide bonds. The maximum atomic E-state index is 12.0. The van der Waals surface area contributed by atoms with Crippen molar-refractivity contribution in [2.75, 3.05) is 21.3 Å². The molecule has 22 heavy (non-hydrogen) atoms. The Hall–Kier alpha value is -1.97. The molecule has 0 spiro atoms. The minimum absolute atomic E-state index is 0.188. The average Bonchev–Trinajstić information content (AvgIpc) is 2.79. The lowest BCUT2D eigenvalue weighted by molar-refractivity contribution is -0.136. The monoisotopic (exact) mass is 304 g/mol. The number of methoxy groups -OCH3 is 3. The molecule has 0 saturated carbocycles. The molecule has 2 rings (SSSR count). The molecule has 0 heterocycles. The highest BCUT2D eigenvalue weighted by molar-refractivity contribution is 5.89. The second kappa shape index (κ2) is 7.87. The molecule has 1 aliphatic rings. The van der Waals surface area contributed by atoms with Crippen molar-refractivity contribution in [3.63, 3.8) is 0 Å². The van der Waals surface area contributed by atoms with Crippen LogP contribution in [0.4, 0.5) is 0 Å². The van der Waals surface area contributed by atoms with E-state index in [9.17, 15) is 4.79 Å². The van der Waals surface area contributed by atoms with E-state index in [1.807, 2.05) is 18.2 Å². The van der Waals surface area contributed by atoms with Crippen molar-refractivity contribution in [2.45, 2.75) is 38.5 Å². The van der Waals surface area contributed by atoms with E-state index >= 15 is 0 Å². The van der Waals surface area contributed by atoms with Gasteiger partial charge in [0, 0.05) is 11.6 Å². The predicted octanol–water partition coefficient (Wildman–Crippen LogP) is 3.68. The van der Waals surface area contributed by atoms with Gasteiger partial charge in [-0.05, 0) is 49.8 Å². The van der Waals surface area contributed by atoms with Crippen molar-refractivity contribution in [3.05, 3.63) is 34.9 Å². The summed E-state index contributed by atoms with van der Waals surface area (Å²) in [7, 11) is 4.74. The number of esters is 1. The maximum Gasteiger partial charge on any atom is 0.333 e. The average molecular weight is 304 g/mol. The maximum absolute atomic E-state index is 12.0. The SMILES string of the molecule is COC(=O)C1=C(Cc2cc(OC)cc(OC)c2)CCCCC1. The fourth-order valence-electron chi connectivity index (χ4n) is 2.92. The zero-order chi connectivity index (χ0) is 15.9. The van der Waals surface area contributed by atoms with Gasteiger partial charge in [-0.1, -0.05) is 12.0 Å². The second-order valence-corrected chi connectivity index (χ2v) is 5.53. The number of hydrogen-bond donors (Lipinski definition) is 0. The third-order valence-corrected chi connectivity index (χ3v) is 4.09. The summed E-state index contributed by atoms with van der Waals surface area (Å²) in [6, 6.07) is 5.84. The number of ether oxygens (including phenoxy) is 3. The summed E-state index contributed by atoms with van der Waals surface area (Å²) < 4.78 is 15.6. The number of carbonyl (C=O) groups is 1. The smallest absolute Gasteiger partial charge is 0.333 e. The van der Waals surface area contributed by atoms with E-state index in [0.29, 0.717) is 0 Å². The summed E-state index contributed by atoms with van der Waals surface area (Å²) in [5, 5.41) is 0. The van der Waals surface area contributed by atoms with Gasteiger partial charge in [0.05, 0.1) is 21.3 Å². The van der Waals surface area contributed by atoms with Crippen LogP contribution in [0.15, 0.2) is 29.3 Å². The van der Waals surface area contributed by atoms with E-state index in [1.165, 1.54) is 12.7 Å². The molecule has 0 fully saturated rings. The fraction of sp³-hybridized carbons (Fsp3) is 0.500. The van der Waals surface area contributed by atoms with E-state index in [0.717, 1.165) is 61.2 Å². The van der Waals surface area contributed by atoms with Gasteiger partial charge in [0.2, 0.25) is 0 Å². The van der Waals surface area contributed by atoms with E-state index in [-0.39, 0.29) is 5.97 Å². The highest BCUT2D eigenvalue weighted by Crippen LogP contribution is 2.30. The topological polar surface area (TPSA) is 44.8 Å². The molecule has 1 aromatic rings. The Labute approximate surface area is 132 Å². The Bertz CT molecular complexity index is 538. The van der Waals surface area contributed by atoms with E-state index in [2.05, 4.69) is 0 Å². The lowest BCUT2D eigenvalue weighted by atomic mass is 9.96. The van der Waals surface area contributed by atoms with Crippen molar-refractivity contribution in [1.82, 2.24) is 0 Å². The highest BCUT2D eigenvalue weighted by Gasteiger charge is 2.19. The molecule has 0 aromatic heterocycles. The summed E-state index contributed by atoms with van der Waals surface area (Å²) in [5.74, 6) is 1.35. The Morgan fingerprint density at radius 3 is 2.18 bits per heavy atom. The summed E-state index contributed by atoms with van der Waals surface area (Å²) in [4.78, 5) is 12.0. The van der Waals surface area contributed by atoms with Crippen LogP contribution in [0.3, 0.4) is 0 Å².